The number of fused-ring (bicyclic) bond motifs is 5. The molecule has 4 rings (SSSR count). The number of ether oxygens (including phenoxy) is 3. The molecule has 0 radical (unpaired) electrons. The number of nitrogens with zero attached hydrogens (tertiary/aromatic N) is 1. The molecule has 2 aliphatic rings. The van der Waals surface area contributed by atoms with Crippen molar-refractivity contribution < 1.29 is 23.5 Å². The number of benzene rings is 2. The van der Waals surface area contributed by atoms with Gasteiger partial charge in [0.05, 0.1) is 26.7 Å². The molecule has 2 aromatic carbocycles. The number of carbonyl (C=O) groups excluding carboxylic acids is 1. The van der Waals surface area contributed by atoms with Gasteiger partial charge in [0.25, 0.3) is 0 Å². The summed E-state index contributed by atoms with van der Waals surface area (Å²) in [7, 11) is 2.11. The first-order chi connectivity index (χ1) is 13.0. The van der Waals surface area contributed by atoms with Crippen LogP contribution in [-0.2, 0) is 9.47 Å². The zero-order valence-electron chi connectivity index (χ0n) is 15.5. The van der Waals surface area contributed by atoms with Crippen LogP contribution in [0, 0.1) is 0 Å². The maximum Gasteiger partial charge on any atom is 0.512 e. The molecule has 3 unspecified atom stereocenters. The maximum atomic E-state index is 11.7. The summed E-state index contributed by atoms with van der Waals surface area (Å²) in [5, 5.41) is 0.700. The van der Waals surface area contributed by atoms with E-state index in [2.05, 4.69) is 13.1 Å². The minimum absolute atomic E-state index is 0.234. The van der Waals surface area contributed by atoms with Crippen molar-refractivity contribution in [1.82, 2.24) is 0 Å². The number of hydrogen-bond donors (Lipinski definition) is 0. The van der Waals surface area contributed by atoms with E-state index in [0.29, 0.717) is 16.1 Å². The molecule has 0 bridgehead atoms. The molecule has 27 heavy (non-hydrogen) atoms. The van der Waals surface area contributed by atoms with Crippen LogP contribution >= 0.6 is 11.6 Å². The predicted octanol–water partition coefficient (Wildman–Crippen LogP) is 4.90. The average molecular weight is 389 g/mol. The Labute approximate surface area is 164 Å². The van der Waals surface area contributed by atoms with Crippen molar-refractivity contribution in [3.63, 3.8) is 0 Å². The molecule has 0 saturated carbocycles. The molecule has 0 spiro atoms. The number of hydrogen-bond acceptors (Lipinski definition) is 4. The van der Waals surface area contributed by atoms with Gasteiger partial charge in [-0.25, -0.2) is 4.79 Å². The zero-order chi connectivity index (χ0) is 19.0. The molecule has 0 aromatic heterocycles. The van der Waals surface area contributed by atoms with Crippen molar-refractivity contribution in [2.75, 3.05) is 33.5 Å². The van der Waals surface area contributed by atoms with Crippen LogP contribution in [0.3, 0.4) is 0 Å². The van der Waals surface area contributed by atoms with E-state index in [4.69, 9.17) is 25.8 Å². The molecular formula is C21H23ClNO4+. The van der Waals surface area contributed by atoms with Gasteiger partial charge in [-0.05, 0) is 31.2 Å². The van der Waals surface area contributed by atoms with Crippen molar-refractivity contribution in [2.45, 2.75) is 18.8 Å². The molecule has 0 N–H and O–H groups in total. The molecule has 142 valence electrons. The van der Waals surface area contributed by atoms with E-state index in [1.165, 1.54) is 5.56 Å². The van der Waals surface area contributed by atoms with Crippen molar-refractivity contribution >= 4 is 17.8 Å². The van der Waals surface area contributed by atoms with E-state index >= 15 is 0 Å². The summed E-state index contributed by atoms with van der Waals surface area (Å²) in [6.45, 7) is 4.03. The largest absolute Gasteiger partial charge is 0.512 e. The fourth-order valence-electron chi connectivity index (χ4n) is 4.28. The summed E-state index contributed by atoms with van der Waals surface area (Å²) in [6.07, 6.45) is -0.615. The fourth-order valence-corrected chi connectivity index (χ4v) is 4.46. The van der Waals surface area contributed by atoms with Crippen LogP contribution in [0.4, 0.5) is 4.79 Å². The highest BCUT2D eigenvalue weighted by Gasteiger charge is 2.48. The summed E-state index contributed by atoms with van der Waals surface area (Å²) < 4.78 is 17.1. The Bertz CT molecular complexity index is 871. The van der Waals surface area contributed by atoms with E-state index in [1.807, 2.05) is 36.4 Å². The van der Waals surface area contributed by atoms with Crippen molar-refractivity contribution in [2.24, 2.45) is 0 Å². The Morgan fingerprint density at radius 1 is 1.11 bits per heavy atom. The van der Waals surface area contributed by atoms with Crippen LogP contribution in [-0.4, -0.2) is 44.1 Å². The van der Waals surface area contributed by atoms with Gasteiger partial charge in [0.1, 0.15) is 11.5 Å². The van der Waals surface area contributed by atoms with Crippen LogP contribution in [0.5, 0.6) is 11.5 Å². The van der Waals surface area contributed by atoms with Crippen molar-refractivity contribution in [1.29, 1.82) is 0 Å². The Hall–Kier alpha value is -2.24. The topological polar surface area (TPSA) is 44.8 Å². The van der Waals surface area contributed by atoms with E-state index in [9.17, 15) is 4.79 Å². The van der Waals surface area contributed by atoms with Gasteiger partial charge in [0, 0.05) is 28.0 Å². The van der Waals surface area contributed by atoms with Gasteiger partial charge in [-0.15, -0.1) is 0 Å². The van der Waals surface area contributed by atoms with E-state index in [0.717, 1.165) is 30.2 Å². The lowest BCUT2D eigenvalue weighted by Crippen LogP contribution is -2.44. The summed E-state index contributed by atoms with van der Waals surface area (Å²) in [5.74, 6) is 2.22. The number of para-hydroxylation sites is 1. The minimum atomic E-state index is -0.615. The van der Waals surface area contributed by atoms with Gasteiger partial charge in [-0.2, -0.15) is 0 Å². The summed E-state index contributed by atoms with van der Waals surface area (Å²) in [6, 6.07) is 14.0. The van der Waals surface area contributed by atoms with Gasteiger partial charge >= 0.3 is 6.16 Å². The Morgan fingerprint density at radius 3 is 2.59 bits per heavy atom. The molecule has 6 heteroatoms. The highest BCUT2D eigenvalue weighted by atomic mass is 35.5. The number of quaternary nitrogens is 1. The number of carbonyl (C=O) groups is 1. The third-order valence-corrected chi connectivity index (χ3v) is 5.66. The quantitative estimate of drug-likeness (QED) is 0.554. The summed E-state index contributed by atoms with van der Waals surface area (Å²) in [4.78, 5) is 11.7. The lowest BCUT2D eigenvalue weighted by Gasteiger charge is -2.29. The predicted molar refractivity (Wildman–Crippen MR) is 102 cm³/mol. The third-order valence-electron chi connectivity index (χ3n) is 5.43. The smallest absolute Gasteiger partial charge is 0.457 e. The van der Waals surface area contributed by atoms with Gasteiger partial charge in [0.15, 0.2) is 0 Å². The van der Waals surface area contributed by atoms with Crippen molar-refractivity contribution in [3.8, 4) is 11.5 Å². The second-order valence-corrected chi connectivity index (χ2v) is 7.91. The normalized spacial score (nSPS) is 25.4. The van der Waals surface area contributed by atoms with E-state index < -0.39 is 6.16 Å². The van der Waals surface area contributed by atoms with Crippen LogP contribution in [0.2, 0.25) is 5.02 Å². The Balaban J connectivity index is 1.69. The molecule has 2 aromatic rings. The Morgan fingerprint density at radius 2 is 1.81 bits per heavy atom. The van der Waals surface area contributed by atoms with Crippen molar-refractivity contribution in [3.05, 3.63) is 58.6 Å². The first-order valence-corrected chi connectivity index (χ1v) is 9.56. The monoisotopic (exact) mass is 388 g/mol. The van der Waals surface area contributed by atoms with Gasteiger partial charge in [-0.1, -0.05) is 29.8 Å². The minimum Gasteiger partial charge on any atom is -0.457 e. The lowest BCUT2D eigenvalue weighted by molar-refractivity contribution is -0.915. The molecule has 5 nitrogen and oxygen atoms in total. The fraction of sp³-hybridized carbons (Fsp3) is 0.381. The van der Waals surface area contributed by atoms with Gasteiger partial charge in [-0.3, -0.25) is 4.48 Å². The molecule has 0 aliphatic carbocycles. The third kappa shape index (κ3) is 3.49. The molecule has 0 amide bonds. The molecule has 2 aliphatic heterocycles. The molecular weight excluding hydrogens is 366 g/mol. The Kier molecular flexibility index (Phi) is 4.74. The number of rotatable bonds is 3. The van der Waals surface area contributed by atoms with Crippen LogP contribution < -0.4 is 4.74 Å². The first kappa shape index (κ1) is 18.1. The zero-order valence-corrected chi connectivity index (χ0v) is 16.2. The molecule has 3 atom stereocenters. The van der Waals surface area contributed by atoms with E-state index in [1.54, 1.807) is 6.92 Å². The van der Waals surface area contributed by atoms with Crippen LogP contribution in [0.25, 0.3) is 0 Å². The number of likely N-dealkylation sites (N-methyl/N-ethyl adjacent to an activating group) is 1. The molecule has 2 heterocycles. The molecule has 1 fully saturated rings. The van der Waals surface area contributed by atoms with Gasteiger partial charge in [0.2, 0.25) is 6.73 Å². The molecule has 1 saturated heterocycles. The van der Waals surface area contributed by atoms with Crippen LogP contribution in [0.15, 0.2) is 42.5 Å². The highest BCUT2D eigenvalue weighted by Crippen LogP contribution is 2.51. The second-order valence-electron chi connectivity index (χ2n) is 7.48. The maximum absolute atomic E-state index is 11.7. The highest BCUT2D eigenvalue weighted by molar-refractivity contribution is 6.30. The van der Waals surface area contributed by atoms with E-state index in [-0.39, 0.29) is 18.6 Å². The van der Waals surface area contributed by atoms with Crippen LogP contribution in [0.1, 0.15) is 29.9 Å². The first-order valence-electron chi connectivity index (χ1n) is 9.18. The number of halogens is 1. The standard InChI is InChI=1S/C21H23ClNO4/c1-3-25-21(24)26-13-23(2)11-17-15-6-4-5-7-19(15)27-20-9-8-14(22)10-16(20)18(17)12-23/h4-10,17-18H,3,11-13H2,1-2H3/q+1. The SMILES string of the molecule is CCOC(=O)OC[N+]1(C)CC2c3ccccc3Oc3ccc(Cl)cc3C2C1. The lowest BCUT2D eigenvalue weighted by atomic mass is 9.84. The van der Waals surface area contributed by atoms with Gasteiger partial charge < -0.3 is 14.2 Å². The summed E-state index contributed by atoms with van der Waals surface area (Å²) >= 11 is 6.29. The summed E-state index contributed by atoms with van der Waals surface area (Å²) in [5.41, 5.74) is 2.30. The average Bonchev–Trinajstić information content (AvgIpc) is 2.95. The second kappa shape index (κ2) is 7.06. The number of likely N-dealkylation sites (tertiary alicyclic amines) is 1.